The van der Waals surface area contributed by atoms with Gasteiger partial charge in [-0.05, 0) is 19.4 Å². The predicted octanol–water partition coefficient (Wildman–Crippen LogP) is 1.41. The van der Waals surface area contributed by atoms with E-state index in [1.807, 2.05) is 0 Å². The van der Waals surface area contributed by atoms with E-state index in [4.69, 9.17) is 22.7 Å². The third-order valence-electron chi connectivity index (χ3n) is 2.95. The van der Waals surface area contributed by atoms with Gasteiger partial charge in [-0.15, -0.1) is 0 Å². The highest BCUT2D eigenvalue weighted by Crippen LogP contribution is 2.14. The largest absolute Gasteiger partial charge is 0.393 e. The molecule has 1 aliphatic heterocycles. The van der Waals surface area contributed by atoms with Crippen LogP contribution in [-0.2, 0) is 4.74 Å². The van der Waals surface area contributed by atoms with E-state index in [0.29, 0.717) is 17.0 Å². The van der Waals surface area contributed by atoms with Crippen LogP contribution in [0.15, 0.2) is 0 Å². The van der Waals surface area contributed by atoms with Gasteiger partial charge in [-0.2, -0.15) is 0 Å². The Hall–Kier alpha value is -0.190. The molecular formula is C11H22N2OS. The molecule has 0 aromatic heterocycles. The minimum absolute atomic E-state index is 0.293. The summed E-state index contributed by atoms with van der Waals surface area (Å²) in [6.07, 6.45) is 2.81. The first kappa shape index (κ1) is 12.9. The van der Waals surface area contributed by atoms with E-state index in [1.54, 1.807) is 0 Å². The lowest BCUT2D eigenvalue weighted by atomic mass is 10.1. The predicted molar refractivity (Wildman–Crippen MR) is 67.0 cm³/mol. The van der Waals surface area contributed by atoms with Crippen LogP contribution in [0.3, 0.4) is 0 Å². The van der Waals surface area contributed by atoms with Crippen molar-refractivity contribution in [3.8, 4) is 0 Å². The molecule has 0 aliphatic carbocycles. The first-order chi connectivity index (χ1) is 7.13. The molecule has 15 heavy (non-hydrogen) atoms. The molecule has 0 aromatic rings. The van der Waals surface area contributed by atoms with Gasteiger partial charge in [0.05, 0.1) is 11.1 Å². The van der Waals surface area contributed by atoms with Crippen LogP contribution in [0, 0.1) is 5.92 Å². The fourth-order valence-corrected chi connectivity index (χ4v) is 1.96. The molecule has 3 nitrogen and oxygen atoms in total. The number of ether oxygens (including phenoxy) is 1. The van der Waals surface area contributed by atoms with Gasteiger partial charge in [0.25, 0.3) is 0 Å². The van der Waals surface area contributed by atoms with Crippen LogP contribution in [0.2, 0.25) is 0 Å². The summed E-state index contributed by atoms with van der Waals surface area (Å²) in [6, 6.07) is 0. The maximum absolute atomic E-state index is 5.62. The molecule has 88 valence electrons. The van der Waals surface area contributed by atoms with E-state index in [2.05, 4.69) is 18.7 Å². The lowest BCUT2D eigenvalue weighted by Gasteiger charge is -2.26. The summed E-state index contributed by atoms with van der Waals surface area (Å²) in [5, 5.41) is 0. The van der Waals surface area contributed by atoms with Crippen molar-refractivity contribution in [2.45, 2.75) is 32.8 Å². The topological polar surface area (TPSA) is 38.5 Å². The first-order valence-electron chi connectivity index (χ1n) is 5.76. The second-order valence-corrected chi connectivity index (χ2v) is 4.76. The molecule has 2 unspecified atom stereocenters. The van der Waals surface area contributed by atoms with Crippen LogP contribution in [0.5, 0.6) is 0 Å². The summed E-state index contributed by atoms with van der Waals surface area (Å²) in [6.45, 7) is 8.18. The Labute approximate surface area is 98.0 Å². The average molecular weight is 230 g/mol. The summed E-state index contributed by atoms with van der Waals surface area (Å²) in [5.74, 6) is 0.293. The molecule has 0 spiro atoms. The highest BCUT2D eigenvalue weighted by atomic mass is 32.1. The molecule has 0 amide bonds. The normalized spacial score (nSPS) is 23.3. The summed E-state index contributed by atoms with van der Waals surface area (Å²) in [4.78, 5) is 2.99. The van der Waals surface area contributed by atoms with Gasteiger partial charge in [0.15, 0.2) is 0 Å². The molecule has 0 aromatic carbocycles. The number of thiocarbonyl (C=S) groups is 1. The molecule has 1 fully saturated rings. The molecule has 2 atom stereocenters. The van der Waals surface area contributed by atoms with Gasteiger partial charge >= 0.3 is 0 Å². The van der Waals surface area contributed by atoms with E-state index in [-0.39, 0.29) is 0 Å². The van der Waals surface area contributed by atoms with Gasteiger partial charge in [0.1, 0.15) is 0 Å². The van der Waals surface area contributed by atoms with Crippen LogP contribution in [0.4, 0.5) is 0 Å². The lowest BCUT2D eigenvalue weighted by Crippen LogP contribution is -2.38. The van der Waals surface area contributed by atoms with Crippen molar-refractivity contribution < 1.29 is 4.74 Å². The van der Waals surface area contributed by atoms with Crippen LogP contribution < -0.4 is 5.73 Å². The van der Waals surface area contributed by atoms with E-state index >= 15 is 0 Å². The van der Waals surface area contributed by atoms with E-state index in [9.17, 15) is 0 Å². The Bertz CT molecular complexity index is 205. The maximum Gasteiger partial charge on any atom is 0.0768 e. The SMILES string of the molecule is CCN(CC1CCCO1)CC(C)C(N)=S. The van der Waals surface area contributed by atoms with Crippen molar-refractivity contribution in [1.82, 2.24) is 4.90 Å². The Morgan fingerprint density at radius 1 is 1.67 bits per heavy atom. The highest BCUT2D eigenvalue weighted by molar-refractivity contribution is 7.80. The van der Waals surface area contributed by atoms with Crippen molar-refractivity contribution in [2.75, 3.05) is 26.2 Å². The van der Waals surface area contributed by atoms with Crippen molar-refractivity contribution >= 4 is 17.2 Å². The monoisotopic (exact) mass is 230 g/mol. The Balaban J connectivity index is 2.31. The van der Waals surface area contributed by atoms with Gasteiger partial charge in [-0.25, -0.2) is 0 Å². The molecule has 0 bridgehead atoms. The quantitative estimate of drug-likeness (QED) is 0.700. The number of rotatable bonds is 6. The van der Waals surface area contributed by atoms with Crippen LogP contribution in [-0.4, -0.2) is 42.2 Å². The van der Waals surface area contributed by atoms with Gasteiger partial charge in [-0.3, -0.25) is 0 Å². The molecule has 1 heterocycles. The smallest absolute Gasteiger partial charge is 0.0768 e. The molecular weight excluding hydrogens is 208 g/mol. The second kappa shape index (κ2) is 6.40. The lowest BCUT2D eigenvalue weighted by molar-refractivity contribution is 0.0729. The van der Waals surface area contributed by atoms with E-state index in [1.165, 1.54) is 12.8 Å². The number of hydrogen-bond acceptors (Lipinski definition) is 3. The van der Waals surface area contributed by atoms with Crippen LogP contribution >= 0.6 is 12.2 Å². The zero-order valence-corrected chi connectivity index (χ0v) is 10.6. The van der Waals surface area contributed by atoms with Crippen molar-refractivity contribution in [2.24, 2.45) is 11.7 Å². The third kappa shape index (κ3) is 4.45. The molecule has 1 aliphatic rings. The van der Waals surface area contributed by atoms with Gasteiger partial charge < -0.3 is 15.4 Å². The third-order valence-corrected chi connectivity index (χ3v) is 3.35. The average Bonchev–Trinajstić information content (AvgIpc) is 2.69. The molecule has 4 heteroatoms. The first-order valence-corrected chi connectivity index (χ1v) is 6.17. The van der Waals surface area contributed by atoms with E-state index in [0.717, 1.165) is 26.2 Å². The summed E-state index contributed by atoms with van der Waals surface area (Å²) < 4.78 is 5.62. The number of likely N-dealkylation sites (N-methyl/N-ethyl adjacent to an activating group) is 1. The minimum Gasteiger partial charge on any atom is -0.393 e. The second-order valence-electron chi connectivity index (χ2n) is 4.29. The Kier molecular flexibility index (Phi) is 5.50. The van der Waals surface area contributed by atoms with E-state index < -0.39 is 0 Å². The van der Waals surface area contributed by atoms with Crippen molar-refractivity contribution in [1.29, 1.82) is 0 Å². The summed E-state index contributed by atoms with van der Waals surface area (Å²) in [7, 11) is 0. The molecule has 2 N–H and O–H groups in total. The zero-order chi connectivity index (χ0) is 11.3. The summed E-state index contributed by atoms with van der Waals surface area (Å²) in [5.41, 5.74) is 5.62. The number of hydrogen-bond donors (Lipinski definition) is 1. The molecule has 1 saturated heterocycles. The van der Waals surface area contributed by atoms with Crippen molar-refractivity contribution in [3.63, 3.8) is 0 Å². The van der Waals surface area contributed by atoms with Gasteiger partial charge in [-0.1, -0.05) is 26.1 Å². The summed E-state index contributed by atoms with van der Waals surface area (Å²) >= 11 is 4.99. The number of nitrogens with two attached hydrogens (primary N) is 1. The fourth-order valence-electron chi connectivity index (χ4n) is 1.89. The standard InChI is InChI=1S/C11H22N2OS/c1-3-13(7-9(2)11(12)15)8-10-5-4-6-14-10/h9-10H,3-8H2,1-2H3,(H2,12,15). The van der Waals surface area contributed by atoms with Gasteiger partial charge in [0, 0.05) is 25.6 Å². The fraction of sp³-hybridized carbons (Fsp3) is 0.909. The highest BCUT2D eigenvalue weighted by Gasteiger charge is 2.19. The van der Waals surface area contributed by atoms with Crippen molar-refractivity contribution in [3.05, 3.63) is 0 Å². The van der Waals surface area contributed by atoms with Gasteiger partial charge in [0.2, 0.25) is 0 Å². The Morgan fingerprint density at radius 3 is 2.87 bits per heavy atom. The molecule has 0 saturated carbocycles. The molecule has 0 radical (unpaired) electrons. The minimum atomic E-state index is 0.293. The zero-order valence-electron chi connectivity index (χ0n) is 9.74. The number of nitrogens with zero attached hydrogens (tertiary/aromatic N) is 1. The Morgan fingerprint density at radius 2 is 2.40 bits per heavy atom. The van der Waals surface area contributed by atoms with Crippen LogP contribution in [0.1, 0.15) is 26.7 Å². The van der Waals surface area contributed by atoms with Crippen LogP contribution in [0.25, 0.3) is 0 Å². The maximum atomic E-state index is 5.62. The molecule has 1 rings (SSSR count).